The Morgan fingerprint density at radius 2 is 2.05 bits per heavy atom. The molecule has 0 saturated carbocycles. The predicted octanol–water partition coefficient (Wildman–Crippen LogP) is 2.37. The predicted molar refractivity (Wildman–Crippen MR) is 72.1 cm³/mol. The van der Waals surface area contributed by atoms with E-state index < -0.39 is 12.8 Å². The van der Waals surface area contributed by atoms with Crippen LogP contribution in [0.5, 0.6) is 0 Å². The minimum absolute atomic E-state index is 0.0245. The highest BCUT2D eigenvalue weighted by Crippen LogP contribution is 2.22. The van der Waals surface area contributed by atoms with Crippen molar-refractivity contribution in [2.45, 2.75) is 45.3 Å². The zero-order valence-electron chi connectivity index (χ0n) is 12.3. The van der Waals surface area contributed by atoms with E-state index in [-0.39, 0.29) is 12.5 Å². The van der Waals surface area contributed by atoms with Gasteiger partial charge in [-0.1, -0.05) is 13.8 Å². The summed E-state index contributed by atoms with van der Waals surface area (Å²) in [6.45, 7) is 4.47. The smallest absolute Gasteiger partial charge is 0.372 e. The molecule has 4 nitrogen and oxygen atoms in total. The molecule has 118 valence electrons. The number of alkyl halides is 3. The van der Waals surface area contributed by atoms with E-state index in [1.807, 2.05) is 0 Å². The first-order valence-electron chi connectivity index (χ1n) is 7.10. The third-order valence-electron chi connectivity index (χ3n) is 3.30. The van der Waals surface area contributed by atoms with Gasteiger partial charge in [-0.05, 0) is 24.4 Å². The van der Waals surface area contributed by atoms with E-state index >= 15 is 0 Å². The molecule has 0 radical (unpaired) electrons. The standard InChI is InChI=1S/C14H20F3N3O/c1-9(2)13-10-3-5-18-7-11(10)19-12(20-13)4-6-21-8-14(15,16)17/h9,18H,3-8H2,1-2H3. The van der Waals surface area contributed by atoms with Gasteiger partial charge in [0.2, 0.25) is 0 Å². The lowest BCUT2D eigenvalue weighted by molar-refractivity contribution is -0.173. The second-order valence-electron chi connectivity index (χ2n) is 5.45. The fraction of sp³-hybridized carbons (Fsp3) is 0.714. The fourth-order valence-corrected chi connectivity index (χ4v) is 2.38. The van der Waals surface area contributed by atoms with E-state index in [4.69, 9.17) is 0 Å². The molecule has 0 atom stereocenters. The summed E-state index contributed by atoms with van der Waals surface area (Å²) in [4.78, 5) is 8.97. The molecule has 21 heavy (non-hydrogen) atoms. The van der Waals surface area contributed by atoms with Gasteiger partial charge in [-0.3, -0.25) is 0 Å². The van der Waals surface area contributed by atoms with Crippen LogP contribution in [0.3, 0.4) is 0 Å². The summed E-state index contributed by atoms with van der Waals surface area (Å²) in [7, 11) is 0. The topological polar surface area (TPSA) is 47.0 Å². The molecule has 2 rings (SSSR count). The van der Waals surface area contributed by atoms with Crippen LogP contribution in [0.25, 0.3) is 0 Å². The number of aromatic nitrogens is 2. The largest absolute Gasteiger partial charge is 0.411 e. The number of fused-ring (bicyclic) bond motifs is 1. The molecule has 0 saturated heterocycles. The van der Waals surface area contributed by atoms with Crippen molar-refractivity contribution >= 4 is 0 Å². The molecule has 1 N–H and O–H groups in total. The number of nitrogens with one attached hydrogen (secondary N) is 1. The van der Waals surface area contributed by atoms with Gasteiger partial charge in [0.15, 0.2) is 0 Å². The van der Waals surface area contributed by atoms with Crippen molar-refractivity contribution in [2.75, 3.05) is 19.8 Å². The molecule has 0 amide bonds. The van der Waals surface area contributed by atoms with Crippen LogP contribution in [0, 0.1) is 0 Å². The highest BCUT2D eigenvalue weighted by Gasteiger charge is 2.27. The molecule has 0 aromatic carbocycles. The maximum absolute atomic E-state index is 12.0. The van der Waals surface area contributed by atoms with Crippen molar-refractivity contribution in [1.82, 2.24) is 15.3 Å². The number of hydrogen-bond donors (Lipinski definition) is 1. The van der Waals surface area contributed by atoms with Crippen molar-refractivity contribution in [3.8, 4) is 0 Å². The van der Waals surface area contributed by atoms with Gasteiger partial charge < -0.3 is 10.1 Å². The minimum atomic E-state index is -4.29. The molecular weight excluding hydrogens is 283 g/mol. The molecular formula is C14H20F3N3O. The molecule has 0 fully saturated rings. The van der Waals surface area contributed by atoms with Crippen molar-refractivity contribution in [3.63, 3.8) is 0 Å². The van der Waals surface area contributed by atoms with Crippen LogP contribution in [-0.2, 0) is 24.1 Å². The third kappa shape index (κ3) is 4.64. The lowest BCUT2D eigenvalue weighted by Gasteiger charge is -2.21. The van der Waals surface area contributed by atoms with E-state index in [1.165, 1.54) is 5.56 Å². The van der Waals surface area contributed by atoms with E-state index in [0.717, 1.165) is 24.4 Å². The fourth-order valence-electron chi connectivity index (χ4n) is 2.38. The Kier molecular flexibility index (Phi) is 5.16. The van der Waals surface area contributed by atoms with Crippen molar-refractivity contribution < 1.29 is 17.9 Å². The van der Waals surface area contributed by atoms with Crippen LogP contribution in [0.4, 0.5) is 13.2 Å². The van der Waals surface area contributed by atoms with Gasteiger partial charge >= 0.3 is 6.18 Å². The SMILES string of the molecule is CC(C)c1nc(CCOCC(F)(F)F)nc2c1CCNC2. The number of hydrogen-bond acceptors (Lipinski definition) is 4. The lowest BCUT2D eigenvalue weighted by Crippen LogP contribution is -2.27. The van der Waals surface area contributed by atoms with Crippen molar-refractivity contribution in [2.24, 2.45) is 0 Å². The number of ether oxygens (including phenoxy) is 1. The molecule has 1 aromatic heterocycles. The Morgan fingerprint density at radius 1 is 1.29 bits per heavy atom. The normalized spacial score (nSPS) is 15.3. The Morgan fingerprint density at radius 3 is 2.71 bits per heavy atom. The van der Waals surface area contributed by atoms with Gasteiger partial charge in [0.1, 0.15) is 12.4 Å². The zero-order valence-corrected chi connectivity index (χ0v) is 12.3. The quantitative estimate of drug-likeness (QED) is 0.848. The highest BCUT2D eigenvalue weighted by molar-refractivity contribution is 5.30. The third-order valence-corrected chi connectivity index (χ3v) is 3.30. The van der Waals surface area contributed by atoms with E-state index in [9.17, 15) is 13.2 Å². The van der Waals surface area contributed by atoms with E-state index in [2.05, 4.69) is 33.9 Å². The summed E-state index contributed by atoms with van der Waals surface area (Å²) in [5, 5.41) is 3.25. The van der Waals surface area contributed by atoms with Gasteiger partial charge in [0.25, 0.3) is 0 Å². The monoisotopic (exact) mass is 303 g/mol. The Bertz CT molecular complexity index is 489. The molecule has 0 aliphatic carbocycles. The number of halogens is 3. The molecule has 0 spiro atoms. The summed E-state index contributed by atoms with van der Waals surface area (Å²) in [6.07, 6.45) is -3.10. The first-order chi connectivity index (χ1) is 9.87. The summed E-state index contributed by atoms with van der Waals surface area (Å²) in [5.41, 5.74) is 3.15. The van der Waals surface area contributed by atoms with Crippen LogP contribution in [0.2, 0.25) is 0 Å². The van der Waals surface area contributed by atoms with Crippen LogP contribution in [0.15, 0.2) is 0 Å². The van der Waals surface area contributed by atoms with Gasteiger partial charge in [0.05, 0.1) is 18.0 Å². The maximum Gasteiger partial charge on any atom is 0.411 e. The maximum atomic E-state index is 12.0. The first-order valence-corrected chi connectivity index (χ1v) is 7.10. The summed E-state index contributed by atoms with van der Waals surface area (Å²) in [6, 6.07) is 0. The summed E-state index contributed by atoms with van der Waals surface area (Å²) in [5.74, 6) is 0.831. The second kappa shape index (κ2) is 6.70. The Labute approximate surface area is 122 Å². The van der Waals surface area contributed by atoms with Crippen molar-refractivity contribution in [1.29, 1.82) is 0 Å². The van der Waals surface area contributed by atoms with Crippen LogP contribution >= 0.6 is 0 Å². The average Bonchev–Trinajstić information content (AvgIpc) is 2.41. The van der Waals surface area contributed by atoms with Crippen LogP contribution < -0.4 is 5.32 Å². The molecule has 1 aliphatic rings. The number of nitrogens with zero attached hydrogens (tertiary/aromatic N) is 2. The second-order valence-corrected chi connectivity index (χ2v) is 5.45. The van der Waals surface area contributed by atoms with E-state index in [1.54, 1.807) is 0 Å². The first kappa shape index (κ1) is 16.2. The molecule has 0 bridgehead atoms. The Hall–Kier alpha value is -1.21. The van der Waals surface area contributed by atoms with Gasteiger partial charge in [-0.25, -0.2) is 9.97 Å². The van der Waals surface area contributed by atoms with E-state index in [0.29, 0.717) is 18.8 Å². The average molecular weight is 303 g/mol. The van der Waals surface area contributed by atoms with Crippen LogP contribution in [-0.4, -0.2) is 35.9 Å². The summed E-state index contributed by atoms with van der Waals surface area (Å²) < 4.78 is 40.7. The van der Waals surface area contributed by atoms with Crippen molar-refractivity contribution in [3.05, 3.63) is 22.8 Å². The molecule has 1 aromatic rings. The van der Waals surface area contributed by atoms with Gasteiger partial charge in [0, 0.05) is 13.0 Å². The van der Waals surface area contributed by atoms with Gasteiger partial charge in [-0.15, -0.1) is 0 Å². The Balaban J connectivity index is 2.05. The van der Waals surface area contributed by atoms with Gasteiger partial charge in [-0.2, -0.15) is 13.2 Å². The lowest BCUT2D eigenvalue weighted by atomic mass is 9.97. The summed E-state index contributed by atoms with van der Waals surface area (Å²) >= 11 is 0. The molecule has 7 heteroatoms. The minimum Gasteiger partial charge on any atom is -0.372 e. The molecule has 0 unspecified atom stereocenters. The zero-order chi connectivity index (χ0) is 15.5. The highest BCUT2D eigenvalue weighted by atomic mass is 19.4. The van der Waals surface area contributed by atoms with Crippen LogP contribution in [0.1, 0.15) is 42.5 Å². The number of rotatable bonds is 5. The molecule has 2 heterocycles. The molecule has 1 aliphatic heterocycles.